The molecule has 10 heteroatoms. The third-order valence-corrected chi connectivity index (χ3v) is 3.13. The Morgan fingerprint density at radius 2 is 2.33 bits per heavy atom. The molecule has 0 aromatic carbocycles. The van der Waals surface area contributed by atoms with Crippen LogP contribution in [0.1, 0.15) is 0 Å². The van der Waals surface area contributed by atoms with Crippen LogP contribution in [0.3, 0.4) is 0 Å². The summed E-state index contributed by atoms with van der Waals surface area (Å²) in [5, 5.41) is 34.8. The van der Waals surface area contributed by atoms with Gasteiger partial charge >= 0.3 is 5.97 Å². The van der Waals surface area contributed by atoms with Gasteiger partial charge in [0.05, 0.1) is 25.8 Å². The second kappa shape index (κ2) is 7.81. The van der Waals surface area contributed by atoms with Crippen LogP contribution in [0.25, 0.3) is 10.4 Å². The Kier molecular flexibility index (Phi) is 6.40. The highest BCUT2D eigenvalue weighted by Crippen LogP contribution is 2.25. The van der Waals surface area contributed by atoms with E-state index in [0.717, 1.165) is 7.11 Å². The van der Waals surface area contributed by atoms with Crippen LogP contribution in [0.15, 0.2) is 16.9 Å². The van der Waals surface area contributed by atoms with Crippen molar-refractivity contribution in [3.05, 3.63) is 22.3 Å². The number of hydrogen-bond donors (Lipinski definition) is 4. The van der Waals surface area contributed by atoms with Crippen LogP contribution in [0, 0.1) is 0 Å². The number of aliphatic hydroxyl groups is 3. The molecule has 0 fully saturated rings. The van der Waals surface area contributed by atoms with Crippen molar-refractivity contribution >= 4 is 5.97 Å². The van der Waals surface area contributed by atoms with Crippen molar-refractivity contribution in [2.24, 2.45) is 5.11 Å². The summed E-state index contributed by atoms with van der Waals surface area (Å²) in [6.07, 6.45) is -2.83. The zero-order valence-corrected chi connectivity index (χ0v) is 11.6. The Morgan fingerprint density at radius 1 is 1.67 bits per heavy atom. The van der Waals surface area contributed by atoms with E-state index in [1.54, 1.807) is 0 Å². The van der Waals surface area contributed by atoms with Crippen LogP contribution in [-0.2, 0) is 14.3 Å². The first kappa shape index (κ1) is 17.2. The van der Waals surface area contributed by atoms with Crippen molar-refractivity contribution in [2.75, 3.05) is 20.8 Å². The minimum absolute atomic E-state index is 0.240. The minimum atomic E-state index is -1.50. The van der Waals surface area contributed by atoms with Crippen LogP contribution >= 0.6 is 0 Å². The molecule has 0 aromatic rings. The molecule has 0 aliphatic carbocycles. The molecule has 21 heavy (non-hydrogen) atoms. The first-order chi connectivity index (χ1) is 9.99. The number of ether oxygens (including phenoxy) is 2. The fourth-order valence-electron chi connectivity index (χ4n) is 2.04. The van der Waals surface area contributed by atoms with Gasteiger partial charge in [-0.2, -0.15) is 0 Å². The van der Waals surface area contributed by atoms with Crippen molar-refractivity contribution in [3.8, 4) is 0 Å². The Hall–Kier alpha value is -1.84. The molecule has 118 valence electrons. The number of esters is 1. The maximum atomic E-state index is 11.6. The Morgan fingerprint density at radius 3 is 2.81 bits per heavy atom. The Balaban J connectivity index is 3.15. The van der Waals surface area contributed by atoms with Gasteiger partial charge in [-0.25, -0.2) is 4.79 Å². The number of nitrogens with zero attached hydrogens (tertiary/aromatic N) is 3. The van der Waals surface area contributed by atoms with Gasteiger partial charge in [0.1, 0.15) is 18.3 Å². The van der Waals surface area contributed by atoms with E-state index in [2.05, 4.69) is 20.1 Å². The van der Waals surface area contributed by atoms with Gasteiger partial charge in [-0.1, -0.05) is 5.11 Å². The summed E-state index contributed by atoms with van der Waals surface area (Å²) in [6.45, 7) is -0.694. The highest BCUT2D eigenvalue weighted by atomic mass is 16.6. The molecule has 1 aliphatic heterocycles. The quantitative estimate of drug-likeness (QED) is 0.199. The number of rotatable bonds is 6. The van der Waals surface area contributed by atoms with Gasteiger partial charge in [0.25, 0.3) is 0 Å². The summed E-state index contributed by atoms with van der Waals surface area (Å²) in [4.78, 5) is 14.2. The third-order valence-electron chi connectivity index (χ3n) is 3.13. The zero-order chi connectivity index (χ0) is 16.0. The Bertz CT molecular complexity index is 450. The monoisotopic (exact) mass is 302 g/mol. The van der Waals surface area contributed by atoms with Crippen LogP contribution in [0.5, 0.6) is 0 Å². The summed E-state index contributed by atoms with van der Waals surface area (Å²) < 4.78 is 9.84. The lowest BCUT2D eigenvalue weighted by Crippen LogP contribution is -2.57. The van der Waals surface area contributed by atoms with Crippen molar-refractivity contribution in [1.29, 1.82) is 0 Å². The van der Waals surface area contributed by atoms with E-state index in [-0.39, 0.29) is 5.76 Å². The highest BCUT2D eigenvalue weighted by molar-refractivity contribution is 5.86. The molecule has 1 aliphatic rings. The molecule has 0 aromatic heterocycles. The first-order valence-corrected chi connectivity index (χ1v) is 6.15. The molecule has 1 rings (SSSR count). The predicted octanol–water partition coefficient (Wildman–Crippen LogP) is -1.58. The molecular formula is C11H18N4O6. The number of carbonyl (C=O) groups is 1. The normalized spacial score (nSPS) is 27.7. The second-order valence-corrected chi connectivity index (χ2v) is 4.36. The van der Waals surface area contributed by atoms with E-state index in [1.165, 1.54) is 13.1 Å². The molecule has 1 heterocycles. The van der Waals surface area contributed by atoms with E-state index in [1.807, 2.05) is 0 Å². The number of nitrogens with one attached hydrogen (secondary N) is 1. The predicted molar refractivity (Wildman–Crippen MR) is 69.9 cm³/mol. The van der Waals surface area contributed by atoms with Crippen molar-refractivity contribution in [1.82, 2.24) is 5.32 Å². The number of azide groups is 1. The number of methoxy groups -OCH3 is 1. The fourth-order valence-corrected chi connectivity index (χ4v) is 2.04. The van der Waals surface area contributed by atoms with Gasteiger partial charge in [-0.05, 0) is 18.7 Å². The molecular weight excluding hydrogens is 284 g/mol. The highest BCUT2D eigenvalue weighted by Gasteiger charge is 2.42. The molecule has 0 saturated heterocycles. The summed E-state index contributed by atoms with van der Waals surface area (Å²) >= 11 is 0. The summed E-state index contributed by atoms with van der Waals surface area (Å²) in [5.74, 6) is -1.05. The first-order valence-electron chi connectivity index (χ1n) is 6.15. The van der Waals surface area contributed by atoms with Gasteiger partial charge < -0.3 is 30.1 Å². The van der Waals surface area contributed by atoms with E-state index >= 15 is 0 Å². The molecule has 10 nitrogen and oxygen atoms in total. The number of hydrogen-bond acceptors (Lipinski definition) is 8. The number of carbonyl (C=O) groups excluding carboxylic acids is 1. The minimum Gasteiger partial charge on any atom is -0.479 e. The zero-order valence-electron chi connectivity index (χ0n) is 11.6. The van der Waals surface area contributed by atoms with Crippen LogP contribution < -0.4 is 5.32 Å². The number of aliphatic hydroxyl groups excluding tert-OH is 3. The summed E-state index contributed by atoms with van der Waals surface area (Å²) in [5.41, 5.74) is 8.59. The van der Waals surface area contributed by atoms with Crippen molar-refractivity contribution < 1.29 is 29.6 Å². The van der Waals surface area contributed by atoms with E-state index in [4.69, 9.17) is 15.4 Å². The van der Waals surface area contributed by atoms with Crippen molar-refractivity contribution in [2.45, 2.75) is 30.4 Å². The van der Waals surface area contributed by atoms with E-state index in [9.17, 15) is 15.0 Å². The maximum Gasteiger partial charge on any atom is 0.372 e. The largest absolute Gasteiger partial charge is 0.479 e. The third kappa shape index (κ3) is 3.84. The standard InChI is InChI=1S/C11H18N4O6/c1-13-8-5(14-15-12)3-7(11(19)20-2)21-10(8)9(18)6(17)4-16/h3,5-6,8-10,13,16-18H,4H2,1-2H3. The Labute approximate surface area is 120 Å². The van der Waals surface area contributed by atoms with Gasteiger partial charge in [0.15, 0.2) is 0 Å². The molecule has 4 N–H and O–H groups in total. The smallest absolute Gasteiger partial charge is 0.372 e. The van der Waals surface area contributed by atoms with Gasteiger partial charge in [0.2, 0.25) is 5.76 Å². The fraction of sp³-hybridized carbons (Fsp3) is 0.727. The second-order valence-electron chi connectivity index (χ2n) is 4.36. The van der Waals surface area contributed by atoms with Gasteiger partial charge in [-0.15, -0.1) is 0 Å². The van der Waals surface area contributed by atoms with Crippen LogP contribution in [0.4, 0.5) is 0 Å². The maximum absolute atomic E-state index is 11.6. The molecule has 0 saturated carbocycles. The van der Waals surface area contributed by atoms with Crippen molar-refractivity contribution in [3.63, 3.8) is 0 Å². The lowest BCUT2D eigenvalue weighted by Gasteiger charge is -2.38. The average molecular weight is 302 g/mol. The van der Waals surface area contributed by atoms with E-state index in [0.29, 0.717) is 0 Å². The molecule has 0 spiro atoms. The van der Waals surface area contributed by atoms with Gasteiger partial charge in [-0.3, -0.25) is 0 Å². The van der Waals surface area contributed by atoms with Crippen LogP contribution in [0.2, 0.25) is 0 Å². The molecule has 0 bridgehead atoms. The van der Waals surface area contributed by atoms with Crippen LogP contribution in [-0.4, -0.2) is 72.4 Å². The SMILES string of the molecule is CNC1C(N=[N+]=[N-])C=C(C(=O)OC)OC1C(O)C(O)CO. The summed E-state index contributed by atoms with van der Waals surface area (Å²) in [6, 6.07) is -1.54. The average Bonchev–Trinajstić information content (AvgIpc) is 2.51. The van der Waals surface area contributed by atoms with E-state index < -0.39 is 43.0 Å². The summed E-state index contributed by atoms with van der Waals surface area (Å²) in [7, 11) is 2.68. The molecule has 5 unspecified atom stereocenters. The lowest BCUT2D eigenvalue weighted by atomic mass is 9.93. The lowest BCUT2D eigenvalue weighted by molar-refractivity contribution is -0.148. The molecule has 0 radical (unpaired) electrons. The van der Waals surface area contributed by atoms with Gasteiger partial charge in [0, 0.05) is 4.91 Å². The topological polar surface area (TPSA) is 157 Å². The molecule has 5 atom stereocenters. The number of likely N-dealkylation sites (N-methyl/N-ethyl adjacent to an activating group) is 1. The molecule has 0 amide bonds.